The summed E-state index contributed by atoms with van der Waals surface area (Å²) in [5, 5.41) is 12.1. The number of halogens is 4. The molecule has 3 aromatic rings. The molecule has 0 bridgehead atoms. The van der Waals surface area contributed by atoms with Crippen LogP contribution in [0.5, 0.6) is 17.2 Å². The Kier molecular flexibility index (Phi) is 8.75. The molecular formula is C27H25F4NO5. The summed E-state index contributed by atoms with van der Waals surface area (Å²) in [6.07, 6.45) is -3.99. The Hall–Kier alpha value is -4.08. The Morgan fingerprint density at radius 2 is 1.65 bits per heavy atom. The van der Waals surface area contributed by atoms with Gasteiger partial charge in [0.05, 0.1) is 24.2 Å². The van der Waals surface area contributed by atoms with Crippen LogP contribution in [-0.4, -0.2) is 24.1 Å². The fourth-order valence-electron chi connectivity index (χ4n) is 3.62. The molecule has 0 radical (unpaired) electrons. The summed E-state index contributed by atoms with van der Waals surface area (Å²) in [5.74, 6) is -2.76. The molecule has 2 N–H and O–H groups in total. The van der Waals surface area contributed by atoms with E-state index in [1.807, 2.05) is 0 Å². The zero-order valence-electron chi connectivity index (χ0n) is 20.1. The number of hydrogen-bond acceptors (Lipinski definition) is 4. The molecule has 0 unspecified atom stereocenters. The highest BCUT2D eigenvalue weighted by Crippen LogP contribution is 2.34. The first-order valence-corrected chi connectivity index (χ1v) is 11.3. The molecule has 6 nitrogen and oxygen atoms in total. The van der Waals surface area contributed by atoms with Crippen LogP contribution < -0.4 is 14.8 Å². The van der Waals surface area contributed by atoms with Crippen LogP contribution in [0.2, 0.25) is 0 Å². The highest BCUT2D eigenvalue weighted by atomic mass is 19.4. The zero-order valence-corrected chi connectivity index (χ0v) is 20.1. The quantitative estimate of drug-likeness (QED) is 0.310. The molecule has 10 heteroatoms. The molecule has 0 fully saturated rings. The largest absolute Gasteiger partial charge is 0.496 e. The molecule has 37 heavy (non-hydrogen) atoms. The number of alkyl halides is 3. The van der Waals surface area contributed by atoms with E-state index in [1.54, 1.807) is 37.3 Å². The van der Waals surface area contributed by atoms with Gasteiger partial charge in [-0.3, -0.25) is 9.59 Å². The first kappa shape index (κ1) is 27.5. The fraction of sp³-hybridized carbons (Fsp3) is 0.259. The van der Waals surface area contributed by atoms with Gasteiger partial charge in [-0.2, -0.15) is 13.2 Å². The van der Waals surface area contributed by atoms with Gasteiger partial charge in [0.2, 0.25) is 0 Å². The van der Waals surface area contributed by atoms with Crippen LogP contribution in [0.1, 0.15) is 40.4 Å². The number of aliphatic carboxylic acids is 1. The zero-order chi connectivity index (χ0) is 27.2. The smallest absolute Gasteiger partial charge is 0.416 e. The van der Waals surface area contributed by atoms with E-state index in [9.17, 15) is 32.3 Å². The van der Waals surface area contributed by atoms with E-state index in [-0.39, 0.29) is 30.0 Å². The molecule has 1 amide bonds. The number of carboxylic acids is 1. The Morgan fingerprint density at radius 3 is 2.24 bits per heavy atom. The van der Waals surface area contributed by atoms with E-state index in [2.05, 4.69) is 5.32 Å². The number of ether oxygens (including phenoxy) is 2. The number of methoxy groups -OCH3 is 1. The second-order valence-corrected chi connectivity index (χ2v) is 8.28. The number of benzene rings is 3. The van der Waals surface area contributed by atoms with Gasteiger partial charge >= 0.3 is 12.1 Å². The van der Waals surface area contributed by atoms with Gasteiger partial charge in [0.1, 0.15) is 23.1 Å². The molecule has 0 saturated heterocycles. The third-order valence-corrected chi connectivity index (χ3v) is 5.64. The normalized spacial score (nSPS) is 12.1. The minimum absolute atomic E-state index is 0.122. The standard InChI is InChI=1S/C27H25F4NO5/c1-3-18(26(34)35)10-17-6-9-24(36-2)23(11-17)25(33)32-15-16-4-7-21(8-5-16)37-22-13-19(27(29,30)31)12-20(28)14-22/h4-9,11-14,18H,3,10,15H2,1-2H3,(H,32,33)(H,34,35)/t18-/m0/s1. The van der Waals surface area contributed by atoms with Crippen molar-refractivity contribution in [2.45, 2.75) is 32.5 Å². The molecular weight excluding hydrogens is 494 g/mol. The maximum atomic E-state index is 13.6. The molecule has 0 aromatic heterocycles. The molecule has 3 aromatic carbocycles. The summed E-state index contributed by atoms with van der Waals surface area (Å²) in [6.45, 7) is 1.90. The summed E-state index contributed by atoms with van der Waals surface area (Å²) in [7, 11) is 1.42. The summed E-state index contributed by atoms with van der Waals surface area (Å²) in [4.78, 5) is 24.2. The van der Waals surface area contributed by atoms with Gasteiger partial charge in [-0.25, -0.2) is 4.39 Å². The monoisotopic (exact) mass is 519 g/mol. The molecule has 0 aliphatic carbocycles. The Labute approximate surface area is 210 Å². The Morgan fingerprint density at radius 1 is 0.973 bits per heavy atom. The van der Waals surface area contributed by atoms with Gasteiger partial charge in [0.15, 0.2) is 0 Å². The second-order valence-electron chi connectivity index (χ2n) is 8.28. The summed E-state index contributed by atoms with van der Waals surface area (Å²) < 4.78 is 62.9. The maximum Gasteiger partial charge on any atom is 0.416 e. The van der Waals surface area contributed by atoms with Crippen molar-refractivity contribution in [2.24, 2.45) is 5.92 Å². The van der Waals surface area contributed by atoms with E-state index in [0.717, 1.165) is 6.07 Å². The van der Waals surface area contributed by atoms with Crippen LogP contribution in [0.15, 0.2) is 60.7 Å². The molecule has 3 rings (SSSR count). The van der Waals surface area contributed by atoms with Crippen LogP contribution >= 0.6 is 0 Å². The summed E-state index contributed by atoms with van der Waals surface area (Å²) in [6, 6.07) is 13.1. The first-order chi connectivity index (χ1) is 17.5. The number of nitrogens with one attached hydrogen (secondary N) is 1. The van der Waals surface area contributed by atoms with Crippen molar-refractivity contribution in [3.8, 4) is 17.2 Å². The Bertz CT molecular complexity index is 1260. The maximum absolute atomic E-state index is 13.6. The van der Waals surface area contributed by atoms with Crippen LogP contribution in [0.25, 0.3) is 0 Å². The molecule has 0 aliphatic heterocycles. The molecule has 0 aliphatic rings. The van der Waals surface area contributed by atoms with Crippen molar-refractivity contribution in [3.05, 3.63) is 88.7 Å². The van der Waals surface area contributed by atoms with Gasteiger partial charge in [0, 0.05) is 12.6 Å². The van der Waals surface area contributed by atoms with Crippen molar-refractivity contribution >= 4 is 11.9 Å². The minimum Gasteiger partial charge on any atom is -0.496 e. The SMILES string of the molecule is CC[C@@H](Cc1ccc(OC)c(C(=O)NCc2ccc(Oc3cc(F)cc(C(F)(F)F)c3)cc2)c1)C(=O)O. The molecule has 0 spiro atoms. The van der Waals surface area contributed by atoms with Crippen LogP contribution in [0.3, 0.4) is 0 Å². The van der Waals surface area contributed by atoms with E-state index in [1.165, 1.54) is 19.2 Å². The van der Waals surface area contributed by atoms with Gasteiger partial charge in [-0.05, 0) is 60.4 Å². The lowest BCUT2D eigenvalue weighted by molar-refractivity contribution is -0.141. The van der Waals surface area contributed by atoms with E-state index >= 15 is 0 Å². The lowest BCUT2D eigenvalue weighted by Crippen LogP contribution is -2.24. The highest BCUT2D eigenvalue weighted by Gasteiger charge is 2.31. The minimum atomic E-state index is -4.71. The lowest BCUT2D eigenvalue weighted by Gasteiger charge is -2.14. The van der Waals surface area contributed by atoms with Crippen LogP contribution in [0, 0.1) is 11.7 Å². The van der Waals surface area contributed by atoms with Gasteiger partial charge in [-0.1, -0.05) is 25.1 Å². The number of carbonyl (C=O) groups excluding carboxylic acids is 1. The predicted molar refractivity (Wildman–Crippen MR) is 127 cm³/mol. The van der Waals surface area contributed by atoms with Crippen molar-refractivity contribution in [1.82, 2.24) is 5.32 Å². The highest BCUT2D eigenvalue weighted by molar-refractivity contribution is 5.97. The predicted octanol–water partition coefficient (Wildman–Crippen LogP) is 6.23. The molecule has 196 valence electrons. The average Bonchev–Trinajstić information content (AvgIpc) is 2.85. The third-order valence-electron chi connectivity index (χ3n) is 5.64. The summed E-state index contributed by atoms with van der Waals surface area (Å²) in [5.41, 5.74) is 0.456. The fourth-order valence-corrected chi connectivity index (χ4v) is 3.62. The molecule has 0 heterocycles. The number of rotatable bonds is 10. The topological polar surface area (TPSA) is 84.9 Å². The van der Waals surface area contributed by atoms with E-state index in [4.69, 9.17) is 9.47 Å². The molecule has 0 saturated carbocycles. The van der Waals surface area contributed by atoms with Crippen molar-refractivity contribution in [2.75, 3.05) is 7.11 Å². The van der Waals surface area contributed by atoms with Gasteiger partial charge in [0.25, 0.3) is 5.91 Å². The summed E-state index contributed by atoms with van der Waals surface area (Å²) >= 11 is 0. The van der Waals surface area contributed by atoms with Gasteiger partial charge in [-0.15, -0.1) is 0 Å². The second kappa shape index (κ2) is 11.8. The number of carboxylic acid groups (broad SMARTS) is 1. The van der Waals surface area contributed by atoms with Gasteiger partial charge < -0.3 is 19.9 Å². The number of carbonyl (C=O) groups is 2. The number of hydrogen-bond donors (Lipinski definition) is 2. The first-order valence-electron chi connectivity index (χ1n) is 11.3. The van der Waals surface area contributed by atoms with Crippen molar-refractivity contribution < 1.29 is 41.7 Å². The third kappa shape index (κ3) is 7.45. The van der Waals surface area contributed by atoms with Crippen LogP contribution in [0.4, 0.5) is 17.6 Å². The number of amides is 1. The van der Waals surface area contributed by atoms with Crippen LogP contribution in [-0.2, 0) is 23.9 Å². The lowest BCUT2D eigenvalue weighted by atomic mass is 9.95. The Balaban J connectivity index is 1.67. The van der Waals surface area contributed by atoms with E-state index < -0.39 is 35.4 Å². The van der Waals surface area contributed by atoms with Crippen molar-refractivity contribution in [3.63, 3.8) is 0 Å². The van der Waals surface area contributed by atoms with E-state index in [0.29, 0.717) is 35.4 Å². The van der Waals surface area contributed by atoms with Crippen molar-refractivity contribution in [1.29, 1.82) is 0 Å². The average molecular weight is 519 g/mol. The molecule has 1 atom stereocenters.